The fourth-order valence-corrected chi connectivity index (χ4v) is 5.65. The highest BCUT2D eigenvalue weighted by Crippen LogP contribution is 2.43. The molecule has 0 bridgehead atoms. The summed E-state index contributed by atoms with van der Waals surface area (Å²) in [5.41, 5.74) is 0.453. The van der Waals surface area contributed by atoms with E-state index in [1.165, 1.54) is 25.7 Å². The number of sulfonamides is 1. The van der Waals surface area contributed by atoms with Crippen molar-refractivity contribution in [3.8, 4) is 0 Å². The van der Waals surface area contributed by atoms with Crippen LogP contribution in [0.3, 0.4) is 0 Å². The third-order valence-corrected chi connectivity index (χ3v) is 8.44. The predicted octanol–water partition coefficient (Wildman–Crippen LogP) is 3.45. The molecule has 2 N–H and O–H groups in total. The number of halogens is 1. The van der Waals surface area contributed by atoms with Gasteiger partial charge in [0.2, 0.25) is 10.0 Å². The second-order valence-electron chi connectivity index (χ2n) is 8.17. The molecule has 1 aromatic rings. The van der Waals surface area contributed by atoms with Crippen LogP contribution in [0.1, 0.15) is 45.4 Å². The molecule has 1 aliphatic carbocycles. The van der Waals surface area contributed by atoms with Gasteiger partial charge < -0.3 is 10.6 Å². The van der Waals surface area contributed by atoms with E-state index in [0.717, 1.165) is 31.9 Å². The molecule has 1 aromatic carbocycles. The van der Waals surface area contributed by atoms with E-state index in [-0.39, 0.29) is 24.0 Å². The van der Waals surface area contributed by atoms with Crippen LogP contribution in [0.4, 0.5) is 0 Å². The van der Waals surface area contributed by atoms with Crippen LogP contribution in [0.2, 0.25) is 0 Å². The van der Waals surface area contributed by atoms with Crippen LogP contribution in [0.25, 0.3) is 0 Å². The molecule has 0 spiro atoms. The summed E-state index contributed by atoms with van der Waals surface area (Å²) in [5.74, 6) is 1.32. The summed E-state index contributed by atoms with van der Waals surface area (Å²) in [7, 11) is -1.56. The Labute approximate surface area is 193 Å². The van der Waals surface area contributed by atoms with Crippen molar-refractivity contribution in [2.75, 3.05) is 33.2 Å². The van der Waals surface area contributed by atoms with Gasteiger partial charge in [-0.25, -0.2) is 8.42 Å². The Morgan fingerprint density at radius 1 is 1.17 bits per heavy atom. The van der Waals surface area contributed by atoms with Crippen LogP contribution in [-0.2, 0) is 10.0 Å². The molecule has 1 saturated carbocycles. The van der Waals surface area contributed by atoms with Crippen molar-refractivity contribution in [1.82, 2.24) is 14.9 Å². The molecule has 29 heavy (non-hydrogen) atoms. The van der Waals surface area contributed by atoms with Crippen molar-refractivity contribution in [3.05, 3.63) is 30.3 Å². The van der Waals surface area contributed by atoms with E-state index in [1.54, 1.807) is 28.6 Å². The Hall–Kier alpha value is -0.870. The topological polar surface area (TPSA) is 73.8 Å². The van der Waals surface area contributed by atoms with Crippen molar-refractivity contribution < 1.29 is 8.42 Å². The van der Waals surface area contributed by atoms with Crippen molar-refractivity contribution in [1.29, 1.82) is 0 Å². The van der Waals surface area contributed by atoms with Crippen LogP contribution in [0.15, 0.2) is 40.2 Å². The Morgan fingerprint density at radius 3 is 2.34 bits per heavy atom. The van der Waals surface area contributed by atoms with E-state index in [4.69, 9.17) is 0 Å². The van der Waals surface area contributed by atoms with Gasteiger partial charge in [-0.1, -0.05) is 31.5 Å². The van der Waals surface area contributed by atoms with Crippen LogP contribution in [0.5, 0.6) is 0 Å². The molecular weight excluding hydrogens is 499 g/mol. The lowest BCUT2D eigenvalue weighted by Gasteiger charge is -2.41. The van der Waals surface area contributed by atoms with E-state index < -0.39 is 10.0 Å². The molecule has 3 rings (SSSR count). The van der Waals surface area contributed by atoms with Crippen LogP contribution in [0, 0.1) is 11.3 Å². The zero-order valence-corrected chi connectivity index (χ0v) is 20.7. The first-order valence-corrected chi connectivity index (χ1v) is 11.9. The number of nitrogens with one attached hydrogen (secondary N) is 2. The zero-order valence-electron chi connectivity index (χ0n) is 17.6. The standard InChI is InChI=1S/C21H34N4O2S.HI/c1-3-21(12-7-13-21)17-24-20(22-2)23-16-18-10-14-25(15-11-18)28(26,27)19-8-5-4-6-9-19;/h4-6,8-9,18H,3,7,10-17H2,1-2H3,(H2,22,23,24);1H. The van der Waals surface area contributed by atoms with Gasteiger partial charge in [-0.3, -0.25) is 4.99 Å². The lowest BCUT2D eigenvalue weighted by atomic mass is 9.67. The smallest absolute Gasteiger partial charge is 0.243 e. The fraction of sp³-hybridized carbons (Fsp3) is 0.667. The monoisotopic (exact) mass is 534 g/mol. The minimum Gasteiger partial charge on any atom is -0.356 e. The van der Waals surface area contributed by atoms with Gasteiger partial charge in [-0.05, 0) is 55.6 Å². The SMILES string of the molecule is CCC1(CNC(=NC)NCC2CCN(S(=O)(=O)c3ccccc3)CC2)CCC1.I. The number of aliphatic imine (C=N–C) groups is 1. The Kier molecular flexibility index (Phi) is 9.21. The molecule has 2 fully saturated rings. The quantitative estimate of drug-likeness (QED) is 0.320. The summed E-state index contributed by atoms with van der Waals surface area (Å²) >= 11 is 0. The summed E-state index contributed by atoms with van der Waals surface area (Å²) in [4.78, 5) is 4.74. The number of benzene rings is 1. The lowest BCUT2D eigenvalue weighted by molar-refractivity contribution is 0.131. The molecule has 1 heterocycles. The zero-order chi connectivity index (χ0) is 20.0. The molecule has 0 unspecified atom stereocenters. The normalized spacial score (nSPS) is 20.4. The largest absolute Gasteiger partial charge is 0.356 e. The van der Waals surface area contributed by atoms with Crippen molar-refractivity contribution in [2.24, 2.45) is 16.3 Å². The third-order valence-electron chi connectivity index (χ3n) is 6.53. The van der Waals surface area contributed by atoms with Crippen LogP contribution in [-0.4, -0.2) is 51.9 Å². The van der Waals surface area contributed by atoms with Gasteiger partial charge >= 0.3 is 0 Å². The van der Waals surface area contributed by atoms with Crippen molar-refractivity contribution in [2.45, 2.75) is 50.3 Å². The molecular formula is C21H35IN4O2S. The predicted molar refractivity (Wildman–Crippen MR) is 129 cm³/mol. The third kappa shape index (κ3) is 6.07. The molecule has 6 nitrogen and oxygen atoms in total. The Balaban J connectivity index is 0.00000300. The number of hydrogen-bond donors (Lipinski definition) is 2. The summed E-state index contributed by atoms with van der Waals surface area (Å²) in [6, 6.07) is 8.72. The van der Waals surface area contributed by atoms with E-state index in [9.17, 15) is 8.42 Å². The average molecular weight is 535 g/mol. The van der Waals surface area contributed by atoms with Crippen LogP contribution >= 0.6 is 24.0 Å². The molecule has 1 saturated heterocycles. The highest BCUT2D eigenvalue weighted by atomic mass is 127. The van der Waals surface area contributed by atoms with E-state index >= 15 is 0 Å². The number of guanidine groups is 1. The van der Waals surface area contributed by atoms with E-state index in [1.807, 2.05) is 13.1 Å². The number of hydrogen-bond acceptors (Lipinski definition) is 3. The van der Waals surface area contributed by atoms with Crippen molar-refractivity contribution in [3.63, 3.8) is 0 Å². The number of piperidine rings is 1. The summed E-state index contributed by atoms with van der Waals surface area (Å²) in [6.45, 7) is 5.24. The second kappa shape index (κ2) is 10.9. The number of nitrogens with zero attached hydrogens (tertiary/aromatic N) is 2. The molecule has 0 amide bonds. The summed E-state index contributed by atoms with van der Waals surface area (Å²) in [5, 5.41) is 6.93. The first-order chi connectivity index (χ1) is 13.5. The maximum Gasteiger partial charge on any atom is 0.243 e. The van der Waals surface area contributed by atoms with Gasteiger partial charge in [0.1, 0.15) is 0 Å². The molecule has 164 valence electrons. The van der Waals surface area contributed by atoms with E-state index in [2.05, 4.69) is 22.5 Å². The van der Waals surface area contributed by atoms with Crippen LogP contribution < -0.4 is 10.6 Å². The van der Waals surface area contributed by atoms with Gasteiger partial charge in [0.25, 0.3) is 0 Å². The van der Waals surface area contributed by atoms with Gasteiger partial charge in [0.05, 0.1) is 4.90 Å². The minimum absolute atomic E-state index is 0. The minimum atomic E-state index is -3.37. The molecule has 0 atom stereocenters. The van der Waals surface area contributed by atoms with E-state index in [0.29, 0.717) is 29.3 Å². The Bertz CT molecular complexity index is 753. The molecule has 0 aromatic heterocycles. The molecule has 1 aliphatic heterocycles. The molecule has 8 heteroatoms. The van der Waals surface area contributed by atoms with Gasteiger partial charge in [-0.2, -0.15) is 4.31 Å². The second-order valence-corrected chi connectivity index (χ2v) is 10.1. The maximum absolute atomic E-state index is 12.7. The Morgan fingerprint density at radius 2 is 1.83 bits per heavy atom. The fourth-order valence-electron chi connectivity index (χ4n) is 4.16. The number of rotatable bonds is 7. The highest BCUT2D eigenvalue weighted by molar-refractivity contribution is 14.0. The highest BCUT2D eigenvalue weighted by Gasteiger charge is 2.35. The summed E-state index contributed by atoms with van der Waals surface area (Å²) < 4.78 is 27.1. The van der Waals surface area contributed by atoms with Gasteiger partial charge in [-0.15, -0.1) is 24.0 Å². The molecule has 2 aliphatic rings. The summed E-state index contributed by atoms with van der Waals surface area (Å²) in [6.07, 6.45) is 6.91. The average Bonchev–Trinajstić information content (AvgIpc) is 2.70. The van der Waals surface area contributed by atoms with Crippen molar-refractivity contribution >= 4 is 40.0 Å². The van der Waals surface area contributed by atoms with Gasteiger partial charge in [0, 0.05) is 33.2 Å². The first kappa shape index (κ1) is 24.4. The van der Waals surface area contributed by atoms with Gasteiger partial charge in [0.15, 0.2) is 5.96 Å². The first-order valence-electron chi connectivity index (χ1n) is 10.5. The lowest BCUT2D eigenvalue weighted by Crippen LogP contribution is -2.48. The maximum atomic E-state index is 12.7. The molecule has 0 radical (unpaired) electrons.